The SMILES string of the molecule is CCOC(=O)C(CCC(C)C)(C(=O)OCC)c1ccc(F)cn1. The van der Waals surface area contributed by atoms with E-state index in [0.29, 0.717) is 6.42 Å². The second kappa shape index (κ2) is 8.60. The van der Waals surface area contributed by atoms with Crippen LogP contribution >= 0.6 is 0 Å². The van der Waals surface area contributed by atoms with Crippen molar-refractivity contribution in [2.24, 2.45) is 5.92 Å². The minimum atomic E-state index is -1.66. The fourth-order valence-corrected chi connectivity index (χ4v) is 2.27. The number of carbonyl (C=O) groups excluding carboxylic acids is 2. The molecule has 5 nitrogen and oxygen atoms in total. The molecule has 0 N–H and O–H groups in total. The molecule has 0 atom stereocenters. The number of rotatable bonds is 8. The summed E-state index contributed by atoms with van der Waals surface area (Å²) in [6, 6.07) is 2.51. The number of hydrogen-bond acceptors (Lipinski definition) is 5. The Kier molecular flexibility index (Phi) is 7.13. The van der Waals surface area contributed by atoms with E-state index in [0.717, 1.165) is 6.20 Å². The van der Waals surface area contributed by atoms with Crippen molar-refractivity contribution in [3.05, 3.63) is 29.8 Å². The van der Waals surface area contributed by atoms with E-state index in [1.165, 1.54) is 12.1 Å². The Hall–Kier alpha value is -1.98. The van der Waals surface area contributed by atoms with Crippen LogP contribution in [0.1, 0.15) is 46.2 Å². The molecule has 1 aromatic rings. The molecule has 0 amide bonds. The van der Waals surface area contributed by atoms with Crippen molar-refractivity contribution in [3.8, 4) is 0 Å². The van der Waals surface area contributed by atoms with Gasteiger partial charge in [-0.15, -0.1) is 0 Å². The average molecular weight is 325 g/mol. The van der Waals surface area contributed by atoms with Crippen LogP contribution in [0.15, 0.2) is 18.3 Å². The van der Waals surface area contributed by atoms with E-state index in [-0.39, 0.29) is 31.2 Å². The van der Waals surface area contributed by atoms with Gasteiger partial charge in [0.25, 0.3) is 0 Å². The van der Waals surface area contributed by atoms with Gasteiger partial charge in [0.15, 0.2) is 0 Å². The zero-order valence-corrected chi connectivity index (χ0v) is 14.1. The minimum absolute atomic E-state index is 0.128. The van der Waals surface area contributed by atoms with Crippen molar-refractivity contribution in [1.82, 2.24) is 4.98 Å². The maximum Gasteiger partial charge on any atom is 0.329 e. The normalized spacial score (nSPS) is 11.4. The highest BCUT2D eigenvalue weighted by atomic mass is 19.1. The first kappa shape index (κ1) is 19.1. The number of ether oxygens (including phenoxy) is 2. The molecule has 0 unspecified atom stereocenters. The molecule has 0 aliphatic heterocycles. The van der Waals surface area contributed by atoms with Crippen LogP contribution in [0, 0.1) is 11.7 Å². The number of nitrogens with zero attached hydrogens (tertiary/aromatic N) is 1. The Bertz CT molecular complexity index is 510. The number of hydrogen-bond donors (Lipinski definition) is 0. The van der Waals surface area contributed by atoms with Gasteiger partial charge in [0.05, 0.1) is 25.1 Å². The lowest BCUT2D eigenvalue weighted by molar-refractivity contribution is -0.165. The van der Waals surface area contributed by atoms with Gasteiger partial charge in [0, 0.05) is 0 Å². The molecular weight excluding hydrogens is 301 g/mol. The Balaban J connectivity index is 3.39. The summed E-state index contributed by atoms with van der Waals surface area (Å²) in [6.07, 6.45) is 1.77. The van der Waals surface area contributed by atoms with Gasteiger partial charge in [-0.05, 0) is 44.7 Å². The molecular formula is C17H24FNO4. The summed E-state index contributed by atoms with van der Waals surface area (Å²) in [4.78, 5) is 29.2. The standard InChI is InChI=1S/C17H24FNO4/c1-5-22-15(20)17(10-9-12(3)4,16(21)23-6-2)14-8-7-13(18)11-19-14/h7-8,11-12H,5-6,9-10H2,1-4H3. The summed E-state index contributed by atoms with van der Waals surface area (Å²) in [5.41, 5.74) is -1.51. The van der Waals surface area contributed by atoms with Crippen molar-refractivity contribution in [1.29, 1.82) is 0 Å². The fraction of sp³-hybridized carbons (Fsp3) is 0.588. The Labute approximate surface area is 136 Å². The molecule has 1 aromatic heterocycles. The zero-order chi connectivity index (χ0) is 17.5. The Morgan fingerprint density at radius 2 is 1.74 bits per heavy atom. The van der Waals surface area contributed by atoms with E-state index in [1.807, 2.05) is 13.8 Å². The quantitative estimate of drug-likeness (QED) is 0.543. The maximum atomic E-state index is 13.2. The summed E-state index contributed by atoms with van der Waals surface area (Å²) in [5, 5.41) is 0. The molecule has 0 fully saturated rings. The summed E-state index contributed by atoms with van der Waals surface area (Å²) in [5.74, 6) is -1.70. The largest absolute Gasteiger partial charge is 0.465 e. The highest BCUT2D eigenvalue weighted by Gasteiger charge is 2.51. The third kappa shape index (κ3) is 4.50. The molecule has 0 bridgehead atoms. The van der Waals surface area contributed by atoms with Crippen molar-refractivity contribution in [2.45, 2.75) is 46.0 Å². The predicted molar refractivity (Wildman–Crippen MR) is 83.2 cm³/mol. The number of halogens is 1. The zero-order valence-electron chi connectivity index (χ0n) is 14.1. The fourth-order valence-electron chi connectivity index (χ4n) is 2.27. The molecule has 0 aliphatic rings. The predicted octanol–water partition coefficient (Wildman–Crippen LogP) is 3.02. The molecule has 1 heterocycles. The van der Waals surface area contributed by atoms with Crippen LogP contribution in [0.5, 0.6) is 0 Å². The highest BCUT2D eigenvalue weighted by molar-refractivity contribution is 6.06. The van der Waals surface area contributed by atoms with Crippen LogP contribution in [0.3, 0.4) is 0 Å². The smallest absolute Gasteiger partial charge is 0.329 e. The lowest BCUT2D eigenvalue weighted by Gasteiger charge is -2.29. The van der Waals surface area contributed by atoms with Gasteiger partial charge in [0.2, 0.25) is 5.41 Å². The number of esters is 2. The summed E-state index contributed by atoms with van der Waals surface area (Å²) >= 11 is 0. The summed E-state index contributed by atoms with van der Waals surface area (Å²) < 4.78 is 23.4. The molecule has 0 aliphatic carbocycles. The van der Waals surface area contributed by atoms with Gasteiger partial charge >= 0.3 is 11.9 Å². The van der Waals surface area contributed by atoms with Crippen molar-refractivity contribution < 1.29 is 23.5 Å². The summed E-state index contributed by atoms with van der Waals surface area (Å²) in [6.45, 7) is 7.55. The van der Waals surface area contributed by atoms with E-state index < -0.39 is 23.2 Å². The first-order valence-corrected chi connectivity index (χ1v) is 7.84. The van der Waals surface area contributed by atoms with E-state index in [4.69, 9.17) is 9.47 Å². The van der Waals surface area contributed by atoms with Gasteiger partial charge < -0.3 is 9.47 Å². The first-order chi connectivity index (χ1) is 10.9. The van der Waals surface area contributed by atoms with Crippen LogP contribution in [0.2, 0.25) is 0 Å². The van der Waals surface area contributed by atoms with E-state index in [2.05, 4.69) is 4.98 Å². The Morgan fingerprint density at radius 3 is 2.13 bits per heavy atom. The molecule has 128 valence electrons. The molecule has 6 heteroatoms. The number of pyridine rings is 1. The number of aromatic nitrogens is 1. The van der Waals surface area contributed by atoms with E-state index in [9.17, 15) is 14.0 Å². The van der Waals surface area contributed by atoms with Crippen LogP contribution in [-0.4, -0.2) is 30.1 Å². The third-order valence-corrected chi connectivity index (χ3v) is 3.51. The van der Waals surface area contributed by atoms with Crippen LogP contribution < -0.4 is 0 Å². The average Bonchev–Trinajstić information content (AvgIpc) is 2.50. The van der Waals surface area contributed by atoms with Gasteiger partial charge in [0.1, 0.15) is 5.82 Å². The van der Waals surface area contributed by atoms with E-state index in [1.54, 1.807) is 13.8 Å². The van der Waals surface area contributed by atoms with Crippen LogP contribution in [0.25, 0.3) is 0 Å². The topological polar surface area (TPSA) is 65.5 Å². The van der Waals surface area contributed by atoms with E-state index >= 15 is 0 Å². The molecule has 0 saturated heterocycles. The molecule has 0 aromatic carbocycles. The van der Waals surface area contributed by atoms with Crippen LogP contribution in [0.4, 0.5) is 4.39 Å². The number of carbonyl (C=O) groups is 2. The van der Waals surface area contributed by atoms with Crippen molar-refractivity contribution in [2.75, 3.05) is 13.2 Å². The second-order valence-electron chi connectivity index (χ2n) is 5.64. The summed E-state index contributed by atoms with van der Waals surface area (Å²) in [7, 11) is 0. The monoisotopic (exact) mass is 325 g/mol. The molecule has 1 rings (SSSR count). The lowest BCUT2D eigenvalue weighted by atomic mass is 9.78. The van der Waals surface area contributed by atoms with Crippen LogP contribution in [-0.2, 0) is 24.5 Å². The van der Waals surface area contributed by atoms with Gasteiger partial charge in [-0.2, -0.15) is 0 Å². The molecule has 0 spiro atoms. The Morgan fingerprint density at radius 1 is 1.17 bits per heavy atom. The van der Waals surface area contributed by atoms with Gasteiger partial charge in [-0.1, -0.05) is 13.8 Å². The first-order valence-electron chi connectivity index (χ1n) is 7.84. The minimum Gasteiger partial charge on any atom is -0.465 e. The molecule has 0 radical (unpaired) electrons. The molecule has 23 heavy (non-hydrogen) atoms. The maximum absolute atomic E-state index is 13.2. The second-order valence-corrected chi connectivity index (χ2v) is 5.64. The van der Waals surface area contributed by atoms with Crippen molar-refractivity contribution in [3.63, 3.8) is 0 Å². The van der Waals surface area contributed by atoms with Gasteiger partial charge in [-0.3, -0.25) is 14.6 Å². The lowest BCUT2D eigenvalue weighted by Crippen LogP contribution is -2.47. The highest BCUT2D eigenvalue weighted by Crippen LogP contribution is 2.33. The third-order valence-electron chi connectivity index (χ3n) is 3.51. The van der Waals surface area contributed by atoms with Crippen molar-refractivity contribution >= 4 is 11.9 Å². The molecule has 0 saturated carbocycles. The van der Waals surface area contributed by atoms with Gasteiger partial charge in [-0.25, -0.2) is 4.39 Å².